The standard InChI is InChI=1S/C15H16N6O/c1-20(15-17-10-16-11-18-15)8-12-7-19-21(9-12)13-4-3-5-14(6-13)22-2/h3-7,9-11H,8H2,1-2H3. The first-order chi connectivity index (χ1) is 10.8. The third kappa shape index (κ3) is 3.03. The molecule has 0 amide bonds. The molecule has 0 aliphatic carbocycles. The molecule has 3 aromatic rings. The molecule has 0 saturated heterocycles. The molecule has 7 nitrogen and oxygen atoms in total. The number of nitrogens with zero attached hydrogens (tertiary/aromatic N) is 6. The Kier molecular flexibility index (Phi) is 3.95. The molecule has 22 heavy (non-hydrogen) atoms. The van der Waals surface area contributed by atoms with Gasteiger partial charge in [0, 0.05) is 31.4 Å². The van der Waals surface area contributed by atoms with Gasteiger partial charge in [0.1, 0.15) is 18.4 Å². The van der Waals surface area contributed by atoms with Crippen LogP contribution in [0.3, 0.4) is 0 Å². The summed E-state index contributed by atoms with van der Waals surface area (Å²) in [7, 11) is 3.58. The fourth-order valence-electron chi connectivity index (χ4n) is 2.11. The number of ether oxygens (including phenoxy) is 1. The van der Waals surface area contributed by atoms with Crippen molar-refractivity contribution in [3.05, 3.63) is 54.9 Å². The summed E-state index contributed by atoms with van der Waals surface area (Å²) in [6, 6.07) is 7.76. The number of rotatable bonds is 5. The third-order valence-electron chi connectivity index (χ3n) is 3.19. The van der Waals surface area contributed by atoms with Gasteiger partial charge in [-0.05, 0) is 12.1 Å². The SMILES string of the molecule is COc1cccc(-n2cc(CN(C)c3ncncn3)cn2)c1. The zero-order chi connectivity index (χ0) is 15.4. The monoisotopic (exact) mass is 296 g/mol. The van der Waals surface area contributed by atoms with E-state index in [9.17, 15) is 0 Å². The van der Waals surface area contributed by atoms with E-state index in [0.717, 1.165) is 17.0 Å². The van der Waals surface area contributed by atoms with Crippen LogP contribution >= 0.6 is 0 Å². The van der Waals surface area contributed by atoms with Crippen LogP contribution in [0.25, 0.3) is 5.69 Å². The summed E-state index contributed by atoms with van der Waals surface area (Å²) in [5.41, 5.74) is 2.01. The molecule has 0 aliphatic heterocycles. The summed E-state index contributed by atoms with van der Waals surface area (Å²) < 4.78 is 7.05. The van der Waals surface area contributed by atoms with Crippen molar-refractivity contribution >= 4 is 5.95 Å². The lowest BCUT2D eigenvalue weighted by Gasteiger charge is -2.14. The topological polar surface area (TPSA) is 69.0 Å². The Morgan fingerprint density at radius 1 is 1.23 bits per heavy atom. The molecule has 0 atom stereocenters. The summed E-state index contributed by atoms with van der Waals surface area (Å²) in [6.07, 6.45) is 6.78. The second-order valence-corrected chi connectivity index (χ2v) is 4.79. The number of anilines is 1. The van der Waals surface area contributed by atoms with Crippen LogP contribution in [0.5, 0.6) is 5.75 Å². The van der Waals surface area contributed by atoms with Crippen LogP contribution in [0.2, 0.25) is 0 Å². The largest absolute Gasteiger partial charge is 0.497 e. The quantitative estimate of drug-likeness (QED) is 0.714. The maximum absolute atomic E-state index is 5.23. The fourth-order valence-corrected chi connectivity index (χ4v) is 2.11. The zero-order valence-electron chi connectivity index (χ0n) is 12.4. The van der Waals surface area contributed by atoms with Crippen molar-refractivity contribution in [2.45, 2.75) is 6.54 Å². The molecular formula is C15H16N6O. The highest BCUT2D eigenvalue weighted by molar-refractivity contribution is 5.39. The van der Waals surface area contributed by atoms with E-state index in [4.69, 9.17) is 4.74 Å². The number of hydrogen-bond donors (Lipinski definition) is 0. The summed E-state index contributed by atoms with van der Waals surface area (Å²) in [5, 5.41) is 4.39. The van der Waals surface area contributed by atoms with E-state index in [1.807, 2.05) is 53.3 Å². The second-order valence-electron chi connectivity index (χ2n) is 4.79. The minimum absolute atomic E-state index is 0.629. The van der Waals surface area contributed by atoms with Gasteiger partial charge in [-0.3, -0.25) is 0 Å². The normalized spacial score (nSPS) is 10.5. The van der Waals surface area contributed by atoms with Crippen molar-refractivity contribution in [1.82, 2.24) is 24.7 Å². The molecule has 0 fully saturated rings. The van der Waals surface area contributed by atoms with Crippen LogP contribution in [-0.4, -0.2) is 38.9 Å². The highest BCUT2D eigenvalue weighted by Gasteiger charge is 2.07. The third-order valence-corrected chi connectivity index (χ3v) is 3.19. The molecule has 0 N–H and O–H groups in total. The lowest BCUT2D eigenvalue weighted by atomic mass is 10.3. The molecule has 0 unspecified atom stereocenters. The molecule has 2 aromatic heterocycles. The van der Waals surface area contributed by atoms with E-state index in [0.29, 0.717) is 12.5 Å². The van der Waals surface area contributed by atoms with E-state index in [-0.39, 0.29) is 0 Å². The fraction of sp³-hybridized carbons (Fsp3) is 0.200. The molecule has 3 rings (SSSR count). The zero-order valence-corrected chi connectivity index (χ0v) is 12.4. The van der Waals surface area contributed by atoms with Gasteiger partial charge in [0.25, 0.3) is 0 Å². The molecule has 0 radical (unpaired) electrons. The van der Waals surface area contributed by atoms with Crippen molar-refractivity contribution in [2.75, 3.05) is 19.1 Å². The van der Waals surface area contributed by atoms with Crippen LogP contribution in [0, 0.1) is 0 Å². The number of aromatic nitrogens is 5. The summed E-state index contributed by atoms with van der Waals surface area (Å²) in [5.74, 6) is 1.43. The summed E-state index contributed by atoms with van der Waals surface area (Å²) in [6.45, 7) is 0.661. The number of hydrogen-bond acceptors (Lipinski definition) is 6. The van der Waals surface area contributed by atoms with E-state index in [2.05, 4.69) is 20.1 Å². The average Bonchev–Trinajstić information content (AvgIpc) is 3.04. The van der Waals surface area contributed by atoms with Crippen LogP contribution < -0.4 is 9.64 Å². The minimum atomic E-state index is 0.629. The van der Waals surface area contributed by atoms with Gasteiger partial charge >= 0.3 is 0 Å². The van der Waals surface area contributed by atoms with Gasteiger partial charge in [0.2, 0.25) is 5.95 Å². The lowest BCUT2D eigenvalue weighted by molar-refractivity contribution is 0.414. The predicted octanol–water partition coefficient (Wildman–Crippen LogP) is 1.70. The Hall–Kier alpha value is -2.96. The van der Waals surface area contributed by atoms with Crippen molar-refractivity contribution in [1.29, 1.82) is 0 Å². The van der Waals surface area contributed by atoms with Crippen molar-refractivity contribution < 1.29 is 4.74 Å². The average molecular weight is 296 g/mol. The molecule has 0 bridgehead atoms. The molecule has 0 saturated carbocycles. The van der Waals surface area contributed by atoms with E-state index >= 15 is 0 Å². The second kappa shape index (κ2) is 6.21. The van der Waals surface area contributed by atoms with E-state index in [1.54, 1.807) is 7.11 Å². The van der Waals surface area contributed by atoms with Gasteiger partial charge in [0.05, 0.1) is 19.0 Å². The van der Waals surface area contributed by atoms with Gasteiger partial charge in [-0.1, -0.05) is 6.07 Å². The Labute approximate surface area is 128 Å². The summed E-state index contributed by atoms with van der Waals surface area (Å²) >= 11 is 0. The van der Waals surface area contributed by atoms with Gasteiger partial charge in [0.15, 0.2) is 0 Å². The van der Waals surface area contributed by atoms with Crippen molar-refractivity contribution in [2.24, 2.45) is 0 Å². The lowest BCUT2D eigenvalue weighted by Crippen LogP contribution is -2.18. The van der Waals surface area contributed by atoms with E-state index < -0.39 is 0 Å². The van der Waals surface area contributed by atoms with Crippen molar-refractivity contribution in [3.8, 4) is 11.4 Å². The Morgan fingerprint density at radius 2 is 2.05 bits per heavy atom. The van der Waals surface area contributed by atoms with Crippen LogP contribution in [0.15, 0.2) is 49.3 Å². The molecular weight excluding hydrogens is 280 g/mol. The number of benzene rings is 1. The maximum atomic E-state index is 5.23. The molecule has 1 aromatic carbocycles. The Morgan fingerprint density at radius 3 is 2.82 bits per heavy atom. The Balaban J connectivity index is 1.76. The highest BCUT2D eigenvalue weighted by atomic mass is 16.5. The smallest absolute Gasteiger partial charge is 0.228 e. The molecule has 0 aliphatic rings. The predicted molar refractivity (Wildman–Crippen MR) is 82.1 cm³/mol. The van der Waals surface area contributed by atoms with Crippen LogP contribution in [0.4, 0.5) is 5.95 Å². The van der Waals surface area contributed by atoms with Gasteiger partial charge in [-0.15, -0.1) is 0 Å². The first kappa shape index (κ1) is 14.0. The maximum Gasteiger partial charge on any atom is 0.228 e. The van der Waals surface area contributed by atoms with Crippen molar-refractivity contribution in [3.63, 3.8) is 0 Å². The molecule has 2 heterocycles. The van der Waals surface area contributed by atoms with Gasteiger partial charge < -0.3 is 9.64 Å². The number of methoxy groups -OCH3 is 1. The minimum Gasteiger partial charge on any atom is -0.497 e. The first-order valence-electron chi connectivity index (χ1n) is 6.77. The summed E-state index contributed by atoms with van der Waals surface area (Å²) in [4.78, 5) is 14.0. The molecule has 112 valence electrons. The van der Waals surface area contributed by atoms with Crippen LogP contribution in [-0.2, 0) is 6.54 Å². The van der Waals surface area contributed by atoms with E-state index in [1.165, 1.54) is 12.7 Å². The molecule has 0 spiro atoms. The Bertz CT molecular complexity index is 743. The van der Waals surface area contributed by atoms with Gasteiger partial charge in [-0.2, -0.15) is 5.10 Å². The molecule has 7 heteroatoms. The van der Waals surface area contributed by atoms with Gasteiger partial charge in [-0.25, -0.2) is 19.6 Å². The first-order valence-corrected chi connectivity index (χ1v) is 6.77. The highest BCUT2D eigenvalue weighted by Crippen LogP contribution is 2.17. The van der Waals surface area contributed by atoms with Crippen LogP contribution in [0.1, 0.15) is 5.56 Å².